The maximum absolute atomic E-state index is 13.9. The van der Waals surface area contributed by atoms with E-state index >= 15 is 0 Å². The second-order valence-corrected chi connectivity index (χ2v) is 7.69. The second kappa shape index (κ2) is 7.95. The highest BCUT2D eigenvalue weighted by Gasteiger charge is 2.38. The van der Waals surface area contributed by atoms with Crippen LogP contribution in [0.3, 0.4) is 0 Å². The Morgan fingerprint density at radius 2 is 2.03 bits per heavy atom. The summed E-state index contributed by atoms with van der Waals surface area (Å²) in [6, 6.07) is 10.8. The van der Waals surface area contributed by atoms with E-state index in [0.717, 1.165) is 18.7 Å². The van der Waals surface area contributed by atoms with Crippen molar-refractivity contribution in [3.63, 3.8) is 0 Å². The summed E-state index contributed by atoms with van der Waals surface area (Å²) in [5, 5.41) is 3.87. The van der Waals surface area contributed by atoms with Gasteiger partial charge in [-0.05, 0) is 43.2 Å². The Labute approximate surface area is 186 Å². The molecule has 0 unspecified atom stereocenters. The molecule has 4 aromatic rings. The Balaban J connectivity index is 1.66. The van der Waals surface area contributed by atoms with E-state index in [0.29, 0.717) is 34.6 Å². The van der Waals surface area contributed by atoms with E-state index in [2.05, 4.69) is 10.1 Å². The van der Waals surface area contributed by atoms with Crippen molar-refractivity contribution in [1.29, 1.82) is 0 Å². The number of benzene rings is 1. The summed E-state index contributed by atoms with van der Waals surface area (Å²) in [5.41, 5.74) is -0.791. The van der Waals surface area contributed by atoms with Crippen LogP contribution in [-0.4, -0.2) is 39.1 Å². The van der Waals surface area contributed by atoms with Crippen LogP contribution in [0, 0.1) is 0 Å². The molecule has 0 aliphatic carbocycles. The minimum absolute atomic E-state index is 0.00398. The fourth-order valence-electron chi connectivity index (χ4n) is 4.25. The number of amides is 1. The number of carbonyl (C=O) groups is 1. The standard InChI is InChI=1S/C23H19F3N4O3/c1-32-18-8-3-2-6-14(18)16-12-20(23(24,25)26)30-21(28-16)15(13-27-30)22(31)29-10-4-7-17(29)19-9-5-11-33-19/h2-3,5-6,8-9,11-13,17H,4,7,10H2,1H3/t17-/m0/s1. The van der Waals surface area contributed by atoms with Gasteiger partial charge < -0.3 is 14.1 Å². The number of halogens is 3. The number of furan rings is 1. The Kier molecular flexibility index (Phi) is 5.07. The number of ether oxygens (including phenoxy) is 1. The fraction of sp³-hybridized carbons (Fsp3) is 0.261. The number of para-hydroxylation sites is 1. The molecule has 0 spiro atoms. The summed E-state index contributed by atoms with van der Waals surface area (Å²) >= 11 is 0. The first kappa shape index (κ1) is 21.0. The summed E-state index contributed by atoms with van der Waals surface area (Å²) in [7, 11) is 1.43. The third kappa shape index (κ3) is 3.61. The summed E-state index contributed by atoms with van der Waals surface area (Å²) in [6.45, 7) is 0.458. The summed E-state index contributed by atoms with van der Waals surface area (Å²) < 4.78 is 53.2. The Hall–Kier alpha value is -3.82. The SMILES string of the molecule is COc1ccccc1-c1cc(C(F)(F)F)n2ncc(C(=O)N3CCC[C@H]3c3ccco3)c2n1. The third-order valence-electron chi connectivity index (χ3n) is 5.76. The van der Waals surface area contributed by atoms with Gasteiger partial charge in [-0.1, -0.05) is 12.1 Å². The monoisotopic (exact) mass is 456 g/mol. The molecule has 1 aromatic carbocycles. The number of methoxy groups -OCH3 is 1. The van der Waals surface area contributed by atoms with Crippen molar-refractivity contribution in [2.45, 2.75) is 25.1 Å². The molecule has 3 aromatic heterocycles. The fourth-order valence-corrected chi connectivity index (χ4v) is 4.25. The van der Waals surface area contributed by atoms with E-state index in [9.17, 15) is 18.0 Å². The minimum Gasteiger partial charge on any atom is -0.496 e. The van der Waals surface area contributed by atoms with Gasteiger partial charge in [-0.3, -0.25) is 4.79 Å². The van der Waals surface area contributed by atoms with E-state index in [-0.39, 0.29) is 22.9 Å². The zero-order valence-electron chi connectivity index (χ0n) is 17.5. The molecule has 7 nitrogen and oxygen atoms in total. The predicted octanol–water partition coefficient (Wildman–Crippen LogP) is 4.99. The Bertz CT molecular complexity index is 1310. The van der Waals surface area contributed by atoms with E-state index in [4.69, 9.17) is 9.15 Å². The van der Waals surface area contributed by atoms with Crippen LogP contribution in [0.1, 0.15) is 40.7 Å². The van der Waals surface area contributed by atoms with Gasteiger partial charge >= 0.3 is 6.18 Å². The van der Waals surface area contributed by atoms with E-state index in [1.54, 1.807) is 41.3 Å². The lowest BCUT2D eigenvalue weighted by atomic mass is 10.1. The largest absolute Gasteiger partial charge is 0.496 e. The average Bonchev–Trinajstić information content (AvgIpc) is 3.57. The van der Waals surface area contributed by atoms with Gasteiger partial charge in [0.25, 0.3) is 5.91 Å². The number of alkyl halides is 3. The number of hydrogen-bond acceptors (Lipinski definition) is 5. The van der Waals surface area contributed by atoms with Crippen LogP contribution in [0.2, 0.25) is 0 Å². The number of likely N-dealkylation sites (tertiary alicyclic amines) is 1. The van der Waals surface area contributed by atoms with Crippen molar-refractivity contribution in [3.8, 4) is 17.0 Å². The Morgan fingerprint density at radius 1 is 1.21 bits per heavy atom. The molecule has 1 atom stereocenters. The summed E-state index contributed by atoms with van der Waals surface area (Å²) in [5.74, 6) is 0.560. The van der Waals surface area contributed by atoms with Gasteiger partial charge in [0.2, 0.25) is 0 Å². The molecule has 33 heavy (non-hydrogen) atoms. The normalized spacial score (nSPS) is 16.5. The van der Waals surface area contributed by atoms with Crippen LogP contribution in [-0.2, 0) is 6.18 Å². The van der Waals surface area contributed by atoms with Gasteiger partial charge in [0.05, 0.1) is 31.3 Å². The zero-order chi connectivity index (χ0) is 23.2. The number of fused-ring (bicyclic) bond motifs is 1. The van der Waals surface area contributed by atoms with Crippen molar-refractivity contribution >= 4 is 11.6 Å². The van der Waals surface area contributed by atoms with Crippen molar-refractivity contribution < 1.29 is 27.1 Å². The molecule has 170 valence electrons. The smallest absolute Gasteiger partial charge is 0.433 e. The summed E-state index contributed by atoms with van der Waals surface area (Å²) in [6.07, 6.45) is -0.587. The molecule has 1 amide bonds. The van der Waals surface area contributed by atoms with Gasteiger partial charge in [0.1, 0.15) is 17.1 Å². The average molecular weight is 456 g/mol. The van der Waals surface area contributed by atoms with Crippen molar-refractivity contribution in [1.82, 2.24) is 19.5 Å². The molecule has 1 fully saturated rings. The molecule has 0 bridgehead atoms. The number of nitrogens with zero attached hydrogens (tertiary/aromatic N) is 4. The molecular formula is C23H19F3N4O3. The number of rotatable bonds is 4. The molecule has 0 N–H and O–H groups in total. The molecule has 1 aliphatic heterocycles. The first-order valence-electron chi connectivity index (χ1n) is 10.3. The van der Waals surface area contributed by atoms with Crippen molar-refractivity contribution in [2.24, 2.45) is 0 Å². The van der Waals surface area contributed by atoms with Gasteiger partial charge in [-0.25, -0.2) is 9.50 Å². The summed E-state index contributed by atoms with van der Waals surface area (Å²) in [4.78, 5) is 19.5. The first-order valence-corrected chi connectivity index (χ1v) is 10.3. The molecule has 0 saturated carbocycles. The van der Waals surface area contributed by atoms with E-state index < -0.39 is 17.8 Å². The van der Waals surface area contributed by atoms with Gasteiger partial charge in [0.15, 0.2) is 11.3 Å². The third-order valence-corrected chi connectivity index (χ3v) is 5.76. The Morgan fingerprint density at radius 3 is 2.76 bits per heavy atom. The predicted molar refractivity (Wildman–Crippen MR) is 112 cm³/mol. The lowest BCUT2D eigenvalue weighted by Crippen LogP contribution is -2.30. The van der Waals surface area contributed by atoms with Crippen molar-refractivity contribution in [3.05, 3.63) is 71.9 Å². The van der Waals surface area contributed by atoms with Gasteiger partial charge in [0, 0.05) is 12.1 Å². The first-order chi connectivity index (χ1) is 15.9. The molecule has 10 heteroatoms. The van der Waals surface area contributed by atoms with E-state index in [1.807, 2.05) is 0 Å². The molecular weight excluding hydrogens is 437 g/mol. The lowest BCUT2D eigenvalue weighted by Gasteiger charge is -2.22. The number of carbonyl (C=O) groups excluding carboxylic acids is 1. The van der Waals surface area contributed by atoms with Crippen LogP contribution in [0.5, 0.6) is 5.75 Å². The maximum Gasteiger partial charge on any atom is 0.433 e. The van der Waals surface area contributed by atoms with Crippen LogP contribution in [0.25, 0.3) is 16.9 Å². The topological polar surface area (TPSA) is 72.9 Å². The van der Waals surface area contributed by atoms with Crippen LogP contribution >= 0.6 is 0 Å². The van der Waals surface area contributed by atoms with Gasteiger partial charge in [-0.15, -0.1) is 0 Å². The number of hydrogen-bond donors (Lipinski definition) is 0. The molecule has 1 saturated heterocycles. The maximum atomic E-state index is 13.9. The quantitative estimate of drug-likeness (QED) is 0.433. The highest BCUT2D eigenvalue weighted by atomic mass is 19.4. The van der Waals surface area contributed by atoms with Crippen LogP contribution < -0.4 is 4.74 Å². The molecule has 4 heterocycles. The highest BCUT2D eigenvalue weighted by Crippen LogP contribution is 2.37. The highest BCUT2D eigenvalue weighted by molar-refractivity contribution is 6.00. The van der Waals surface area contributed by atoms with E-state index in [1.165, 1.54) is 13.4 Å². The van der Waals surface area contributed by atoms with Gasteiger partial charge in [-0.2, -0.15) is 18.3 Å². The molecule has 0 radical (unpaired) electrons. The second-order valence-electron chi connectivity index (χ2n) is 7.69. The van der Waals surface area contributed by atoms with Crippen LogP contribution in [0.15, 0.2) is 59.3 Å². The minimum atomic E-state index is -4.71. The zero-order valence-corrected chi connectivity index (χ0v) is 17.5. The molecule has 1 aliphatic rings. The van der Waals surface area contributed by atoms with Crippen LogP contribution in [0.4, 0.5) is 13.2 Å². The van der Waals surface area contributed by atoms with Crippen molar-refractivity contribution in [2.75, 3.05) is 13.7 Å². The lowest BCUT2D eigenvalue weighted by molar-refractivity contribution is -0.142. The number of aromatic nitrogens is 3. The molecule has 5 rings (SSSR count).